The maximum atomic E-state index is 11.4. The largest absolute Gasteiger partial charge is 0.480 e. The predicted octanol–water partition coefficient (Wildman–Crippen LogP) is 0.731. The number of hydrogen-bond acceptors (Lipinski definition) is 3. The van der Waals surface area contributed by atoms with Gasteiger partial charge in [-0.25, -0.2) is 4.79 Å². The summed E-state index contributed by atoms with van der Waals surface area (Å²) in [6.07, 6.45) is 2.23. The fourth-order valence-corrected chi connectivity index (χ4v) is 1.31. The number of nitrogens with one attached hydrogen (secondary N) is 1. The number of carboxylic acids is 1. The molecule has 0 saturated heterocycles. The van der Waals surface area contributed by atoms with Crippen LogP contribution in [0, 0.1) is 5.92 Å². The van der Waals surface area contributed by atoms with Crippen molar-refractivity contribution in [2.75, 3.05) is 6.54 Å². The normalized spacial score (nSPS) is 14.2. The van der Waals surface area contributed by atoms with Gasteiger partial charge in [-0.15, -0.1) is 0 Å². The molecule has 5 nitrogen and oxygen atoms in total. The van der Waals surface area contributed by atoms with Crippen LogP contribution < -0.4 is 11.1 Å². The SMILES string of the molecule is CCCC(NC(=O)CCC(C)CN)C(=O)O. The molecule has 2 unspecified atom stereocenters. The van der Waals surface area contributed by atoms with E-state index in [0.717, 1.165) is 6.42 Å². The molecule has 0 heterocycles. The highest BCUT2D eigenvalue weighted by molar-refractivity contribution is 5.83. The van der Waals surface area contributed by atoms with Crippen molar-refractivity contribution in [3.63, 3.8) is 0 Å². The number of carbonyl (C=O) groups excluding carboxylic acids is 1. The van der Waals surface area contributed by atoms with Crippen LogP contribution in [0.25, 0.3) is 0 Å². The molecule has 0 aromatic carbocycles. The van der Waals surface area contributed by atoms with Crippen LogP contribution in [0.5, 0.6) is 0 Å². The molecule has 0 aliphatic rings. The first kappa shape index (κ1) is 14.9. The van der Waals surface area contributed by atoms with Crippen molar-refractivity contribution in [2.45, 2.75) is 45.6 Å². The van der Waals surface area contributed by atoms with Crippen molar-refractivity contribution in [2.24, 2.45) is 11.7 Å². The minimum atomic E-state index is -0.970. The molecule has 0 bridgehead atoms. The summed E-state index contributed by atoms with van der Waals surface area (Å²) in [5, 5.41) is 11.4. The van der Waals surface area contributed by atoms with Gasteiger partial charge in [0.25, 0.3) is 0 Å². The molecule has 0 spiro atoms. The summed E-state index contributed by atoms with van der Waals surface area (Å²) in [7, 11) is 0. The summed E-state index contributed by atoms with van der Waals surface area (Å²) in [5.41, 5.74) is 5.43. The van der Waals surface area contributed by atoms with Gasteiger partial charge >= 0.3 is 5.97 Å². The standard InChI is InChI=1S/C11H22N2O3/c1-3-4-9(11(15)16)13-10(14)6-5-8(2)7-12/h8-9H,3-7,12H2,1-2H3,(H,13,14)(H,15,16). The van der Waals surface area contributed by atoms with E-state index in [0.29, 0.717) is 31.7 Å². The Kier molecular flexibility index (Phi) is 7.54. The van der Waals surface area contributed by atoms with E-state index in [4.69, 9.17) is 10.8 Å². The molecule has 2 atom stereocenters. The third-order valence-corrected chi connectivity index (χ3v) is 2.48. The lowest BCUT2D eigenvalue weighted by atomic mass is 10.1. The van der Waals surface area contributed by atoms with E-state index in [9.17, 15) is 9.59 Å². The number of carboxylic acid groups (broad SMARTS) is 1. The summed E-state index contributed by atoms with van der Waals surface area (Å²) in [6, 6.07) is -0.759. The van der Waals surface area contributed by atoms with Gasteiger partial charge in [0.2, 0.25) is 5.91 Å². The van der Waals surface area contributed by atoms with Crippen LogP contribution in [0.1, 0.15) is 39.5 Å². The van der Waals surface area contributed by atoms with Crippen molar-refractivity contribution in [3.8, 4) is 0 Å². The highest BCUT2D eigenvalue weighted by Crippen LogP contribution is 2.04. The molecule has 0 aromatic heterocycles. The van der Waals surface area contributed by atoms with Crippen LogP contribution in [0.3, 0.4) is 0 Å². The first-order valence-corrected chi connectivity index (χ1v) is 5.73. The van der Waals surface area contributed by atoms with Gasteiger partial charge in [0, 0.05) is 6.42 Å². The van der Waals surface area contributed by atoms with Gasteiger partial charge in [0.1, 0.15) is 6.04 Å². The van der Waals surface area contributed by atoms with E-state index in [1.165, 1.54) is 0 Å². The summed E-state index contributed by atoms with van der Waals surface area (Å²) in [6.45, 7) is 4.40. The Morgan fingerprint density at radius 2 is 2.00 bits per heavy atom. The van der Waals surface area contributed by atoms with Gasteiger partial charge in [-0.3, -0.25) is 4.79 Å². The van der Waals surface area contributed by atoms with E-state index in [2.05, 4.69) is 5.32 Å². The first-order valence-electron chi connectivity index (χ1n) is 5.73. The third-order valence-electron chi connectivity index (χ3n) is 2.48. The van der Waals surface area contributed by atoms with E-state index >= 15 is 0 Å². The average Bonchev–Trinajstić information content (AvgIpc) is 2.25. The van der Waals surface area contributed by atoms with Gasteiger partial charge in [0.05, 0.1) is 0 Å². The maximum absolute atomic E-state index is 11.4. The number of amides is 1. The molecular weight excluding hydrogens is 208 g/mol. The molecule has 0 aromatic rings. The van der Waals surface area contributed by atoms with Crippen LogP contribution in [0.2, 0.25) is 0 Å². The third kappa shape index (κ3) is 6.40. The molecule has 5 heteroatoms. The smallest absolute Gasteiger partial charge is 0.326 e. The van der Waals surface area contributed by atoms with E-state index in [1.54, 1.807) is 0 Å². The molecule has 16 heavy (non-hydrogen) atoms. The summed E-state index contributed by atoms with van der Waals surface area (Å²) >= 11 is 0. The molecular formula is C11H22N2O3. The average molecular weight is 230 g/mol. The second-order valence-corrected chi connectivity index (χ2v) is 4.13. The Bertz CT molecular complexity index is 231. The van der Waals surface area contributed by atoms with E-state index in [1.807, 2.05) is 13.8 Å². The van der Waals surface area contributed by atoms with Gasteiger partial charge in [-0.1, -0.05) is 20.3 Å². The summed E-state index contributed by atoms with van der Waals surface area (Å²) in [5.74, 6) is -0.886. The number of nitrogens with two attached hydrogens (primary N) is 1. The minimum Gasteiger partial charge on any atom is -0.480 e. The lowest BCUT2D eigenvalue weighted by molar-refractivity contribution is -0.142. The lowest BCUT2D eigenvalue weighted by Crippen LogP contribution is -2.40. The van der Waals surface area contributed by atoms with Crippen LogP contribution in [0.15, 0.2) is 0 Å². The van der Waals surface area contributed by atoms with Crippen molar-refractivity contribution in [1.82, 2.24) is 5.32 Å². The molecule has 0 fully saturated rings. The second-order valence-electron chi connectivity index (χ2n) is 4.13. The molecule has 1 amide bonds. The molecule has 0 radical (unpaired) electrons. The van der Waals surface area contributed by atoms with E-state index in [-0.39, 0.29) is 5.91 Å². The lowest BCUT2D eigenvalue weighted by Gasteiger charge is -2.14. The Labute approximate surface area is 96.4 Å². The zero-order valence-corrected chi connectivity index (χ0v) is 10.0. The highest BCUT2D eigenvalue weighted by Gasteiger charge is 2.18. The second kappa shape index (κ2) is 8.10. The fourth-order valence-electron chi connectivity index (χ4n) is 1.31. The number of hydrogen-bond donors (Lipinski definition) is 3. The van der Waals surface area contributed by atoms with Crippen LogP contribution in [-0.4, -0.2) is 29.6 Å². The van der Waals surface area contributed by atoms with E-state index < -0.39 is 12.0 Å². The summed E-state index contributed by atoms with van der Waals surface area (Å²) < 4.78 is 0. The number of aliphatic carboxylic acids is 1. The fraction of sp³-hybridized carbons (Fsp3) is 0.818. The Morgan fingerprint density at radius 3 is 2.44 bits per heavy atom. The number of carbonyl (C=O) groups is 2. The van der Waals surface area contributed by atoms with Gasteiger partial charge < -0.3 is 16.2 Å². The highest BCUT2D eigenvalue weighted by atomic mass is 16.4. The molecule has 0 aliphatic carbocycles. The summed E-state index contributed by atoms with van der Waals surface area (Å²) in [4.78, 5) is 22.2. The topological polar surface area (TPSA) is 92.4 Å². The molecule has 4 N–H and O–H groups in total. The molecule has 0 rings (SSSR count). The van der Waals surface area contributed by atoms with Crippen molar-refractivity contribution < 1.29 is 14.7 Å². The van der Waals surface area contributed by atoms with Gasteiger partial charge in [-0.2, -0.15) is 0 Å². The van der Waals surface area contributed by atoms with Gasteiger partial charge in [-0.05, 0) is 25.3 Å². The minimum absolute atomic E-state index is 0.207. The Hall–Kier alpha value is -1.10. The van der Waals surface area contributed by atoms with Gasteiger partial charge in [0.15, 0.2) is 0 Å². The Morgan fingerprint density at radius 1 is 1.38 bits per heavy atom. The zero-order chi connectivity index (χ0) is 12.6. The van der Waals surface area contributed by atoms with Crippen LogP contribution in [0.4, 0.5) is 0 Å². The van der Waals surface area contributed by atoms with Crippen LogP contribution >= 0.6 is 0 Å². The maximum Gasteiger partial charge on any atom is 0.326 e. The van der Waals surface area contributed by atoms with Crippen molar-refractivity contribution >= 4 is 11.9 Å². The van der Waals surface area contributed by atoms with Crippen LogP contribution in [-0.2, 0) is 9.59 Å². The van der Waals surface area contributed by atoms with Crippen molar-refractivity contribution in [3.05, 3.63) is 0 Å². The van der Waals surface area contributed by atoms with Crippen molar-refractivity contribution in [1.29, 1.82) is 0 Å². The zero-order valence-electron chi connectivity index (χ0n) is 10.0. The molecule has 0 saturated carbocycles. The monoisotopic (exact) mass is 230 g/mol. The molecule has 94 valence electrons. The number of rotatable bonds is 8. The Balaban J connectivity index is 3.95. The quantitative estimate of drug-likeness (QED) is 0.573. The molecule has 0 aliphatic heterocycles. The first-order chi connectivity index (χ1) is 7.51. The predicted molar refractivity (Wildman–Crippen MR) is 61.9 cm³/mol.